The molecule has 0 aliphatic carbocycles. The molecule has 3 N–H and O–H groups in total. The van der Waals surface area contributed by atoms with Crippen molar-refractivity contribution in [1.29, 1.82) is 0 Å². The number of carbonyl (C=O) groups excluding carboxylic acids is 1. The molecule has 4 nitrogen and oxygen atoms in total. The predicted octanol–water partition coefficient (Wildman–Crippen LogP) is -1.62. The van der Waals surface area contributed by atoms with Crippen LogP contribution >= 0.6 is 0 Å². The normalized spacial score (nSPS) is 19.1. The Morgan fingerprint density at radius 1 is 1.50 bits per heavy atom. The van der Waals surface area contributed by atoms with Gasteiger partial charge in [0.25, 0.3) is 0 Å². The smallest absolute Gasteiger partial charge is 0.236 e. The molecule has 1 fully saturated rings. The fourth-order valence-electron chi connectivity index (χ4n) is 1.04. The van der Waals surface area contributed by atoms with Gasteiger partial charge in [-0.3, -0.25) is 4.79 Å². The summed E-state index contributed by atoms with van der Waals surface area (Å²) in [6.45, 7) is 3.53. The molecule has 0 saturated carbocycles. The summed E-state index contributed by atoms with van der Waals surface area (Å²) in [5.74, 6) is 0.0569. The van der Waals surface area contributed by atoms with Crippen molar-refractivity contribution in [3.05, 3.63) is 0 Å². The summed E-state index contributed by atoms with van der Waals surface area (Å²) < 4.78 is 0. The van der Waals surface area contributed by atoms with E-state index in [2.05, 4.69) is 5.32 Å². The van der Waals surface area contributed by atoms with Gasteiger partial charge in [-0.25, -0.2) is 0 Å². The maximum absolute atomic E-state index is 10.9. The highest BCUT2D eigenvalue weighted by molar-refractivity contribution is 5.78. The molecule has 4 heteroatoms. The number of amides is 1. The van der Waals surface area contributed by atoms with E-state index in [1.807, 2.05) is 0 Å². The second-order valence-electron chi connectivity index (χ2n) is 2.33. The molecule has 1 saturated heterocycles. The fourth-order valence-corrected chi connectivity index (χ4v) is 1.04. The maximum atomic E-state index is 10.9. The van der Waals surface area contributed by atoms with E-state index in [1.165, 1.54) is 0 Å². The van der Waals surface area contributed by atoms with Gasteiger partial charge in [0.15, 0.2) is 0 Å². The standard InChI is InChI=1S/C6H13N3O/c7-5-6(10)9-3-1-8-2-4-9/h8H,1-5,7H2. The Morgan fingerprint density at radius 2 is 2.10 bits per heavy atom. The first kappa shape index (κ1) is 7.50. The number of piperazine rings is 1. The number of nitrogens with one attached hydrogen (secondary N) is 1. The van der Waals surface area contributed by atoms with Gasteiger partial charge in [0.05, 0.1) is 6.54 Å². The molecule has 10 heavy (non-hydrogen) atoms. The summed E-state index contributed by atoms with van der Waals surface area (Å²) in [7, 11) is 0. The van der Waals surface area contributed by atoms with Crippen LogP contribution < -0.4 is 11.1 Å². The molecule has 0 atom stereocenters. The predicted molar refractivity (Wildman–Crippen MR) is 38.5 cm³/mol. The van der Waals surface area contributed by atoms with Crippen LogP contribution in [-0.4, -0.2) is 43.5 Å². The minimum Gasteiger partial charge on any atom is -0.339 e. The molecule has 0 aromatic rings. The first-order valence-corrected chi connectivity index (χ1v) is 3.53. The Balaban J connectivity index is 2.31. The maximum Gasteiger partial charge on any atom is 0.236 e. The minimum absolute atomic E-state index is 0.0569. The highest BCUT2D eigenvalue weighted by Crippen LogP contribution is 1.90. The van der Waals surface area contributed by atoms with Gasteiger partial charge in [0.2, 0.25) is 5.91 Å². The number of carbonyl (C=O) groups is 1. The largest absolute Gasteiger partial charge is 0.339 e. The quantitative estimate of drug-likeness (QED) is 0.463. The number of nitrogens with two attached hydrogens (primary N) is 1. The van der Waals surface area contributed by atoms with Crippen LogP contribution in [0.2, 0.25) is 0 Å². The van der Waals surface area contributed by atoms with Crippen molar-refractivity contribution in [2.75, 3.05) is 32.7 Å². The summed E-state index contributed by atoms with van der Waals surface area (Å²) in [6.07, 6.45) is 0. The lowest BCUT2D eigenvalue weighted by atomic mass is 10.3. The van der Waals surface area contributed by atoms with Gasteiger partial charge in [-0.1, -0.05) is 0 Å². The van der Waals surface area contributed by atoms with E-state index in [9.17, 15) is 4.79 Å². The van der Waals surface area contributed by atoms with E-state index < -0.39 is 0 Å². The molecular formula is C6H13N3O. The fraction of sp³-hybridized carbons (Fsp3) is 0.833. The summed E-state index contributed by atoms with van der Waals surface area (Å²) in [4.78, 5) is 12.7. The number of nitrogens with zero attached hydrogens (tertiary/aromatic N) is 1. The van der Waals surface area contributed by atoms with Crippen molar-refractivity contribution in [2.24, 2.45) is 5.73 Å². The van der Waals surface area contributed by atoms with Crippen LogP contribution in [0.5, 0.6) is 0 Å². The molecule has 1 aliphatic rings. The summed E-state index contributed by atoms with van der Waals surface area (Å²) >= 11 is 0. The topological polar surface area (TPSA) is 58.4 Å². The van der Waals surface area contributed by atoms with E-state index in [0.717, 1.165) is 26.2 Å². The van der Waals surface area contributed by atoms with E-state index in [1.54, 1.807) is 4.90 Å². The third-order valence-electron chi connectivity index (χ3n) is 1.64. The number of hydrogen-bond acceptors (Lipinski definition) is 3. The molecule has 0 radical (unpaired) electrons. The molecule has 1 heterocycles. The van der Waals surface area contributed by atoms with E-state index in [4.69, 9.17) is 5.73 Å². The zero-order valence-electron chi connectivity index (χ0n) is 5.97. The molecule has 1 aliphatic heterocycles. The van der Waals surface area contributed by atoms with E-state index in [-0.39, 0.29) is 12.5 Å². The van der Waals surface area contributed by atoms with Crippen LogP contribution in [0.1, 0.15) is 0 Å². The number of rotatable bonds is 1. The monoisotopic (exact) mass is 143 g/mol. The molecule has 1 amide bonds. The highest BCUT2D eigenvalue weighted by atomic mass is 16.2. The second-order valence-corrected chi connectivity index (χ2v) is 2.33. The molecule has 0 unspecified atom stereocenters. The van der Waals surface area contributed by atoms with Gasteiger partial charge >= 0.3 is 0 Å². The lowest BCUT2D eigenvalue weighted by Crippen LogP contribution is -2.48. The molecule has 58 valence electrons. The first-order chi connectivity index (χ1) is 4.84. The van der Waals surface area contributed by atoms with Crippen LogP contribution in [0.3, 0.4) is 0 Å². The lowest BCUT2D eigenvalue weighted by molar-refractivity contribution is -0.130. The van der Waals surface area contributed by atoms with Gasteiger partial charge < -0.3 is 16.0 Å². The summed E-state index contributed by atoms with van der Waals surface area (Å²) in [5, 5.41) is 3.16. The molecule has 0 aromatic heterocycles. The van der Waals surface area contributed by atoms with Crippen LogP contribution in [0.25, 0.3) is 0 Å². The van der Waals surface area contributed by atoms with Crippen LogP contribution in [0.15, 0.2) is 0 Å². The summed E-state index contributed by atoms with van der Waals surface area (Å²) in [6, 6.07) is 0. The minimum atomic E-state index is 0.0569. The second kappa shape index (κ2) is 3.53. The van der Waals surface area contributed by atoms with Crippen molar-refractivity contribution >= 4 is 5.91 Å². The summed E-state index contributed by atoms with van der Waals surface area (Å²) in [5.41, 5.74) is 5.19. The average Bonchev–Trinajstić information content (AvgIpc) is 2.05. The van der Waals surface area contributed by atoms with Gasteiger partial charge in [-0.2, -0.15) is 0 Å². The highest BCUT2D eigenvalue weighted by Gasteiger charge is 2.13. The van der Waals surface area contributed by atoms with E-state index >= 15 is 0 Å². The Labute approximate surface area is 60.4 Å². The van der Waals surface area contributed by atoms with Crippen LogP contribution in [0, 0.1) is 0 Å². The van der Waals surface area contributed by atoms with Crippen molar-refractivity contribution in [2.45, 2.75) is 0 Å². The Hall–Kier alpha value is -0.610. The number of hydrogen-bond donors (Lipinski definition) is 2. The van der Waals surface area contributed by atoms with Crippen LogP contribution in [0.4, 0.5) is 0 Å². The third kappa shape index (κ3) is 1.68. The molecule has 1 rings (SSSR count). The first-order valence-electron chi connectivity index (χ1n) is 3.53. The van der Waals surface area contributed by atoms with Gasteiger partial charge in [-0.15, -0.1) is 0 Å². The zero-order valence-corrected chi connectivity index (χ0v) is 5.97. The Bertz CT molecular complexity index is 120. The van der Waals surface area contributed by atoms with Crippen molar-refractivity contribution in [1.82, 2.24) is 10.2 Å². The molecule has 0 spiro atoms. The third-order valence-corrected chi connectivity index (χ3v) is 1.64. The Morgan fingerprint density at radius 3 is 2.60 bits per heavy atom. The molecular weight excluding hydrogens is 130 g/mol. The van der Waals surface area contributed by atoms with Gasteiger partial charge in [0.1, 0.15) is 0 Å². The van der Waals surface area contributed by atoms with Gasteiger partial charge in [0, 0.05) is 26.2 Å². The van der Waals surface area contributed by atoms with Crippen molar-refractivity contribution in [3.63, 3.8) is 0 Å². The zero-order chi connectivity index (χ0) is 7.40. The van der Waals surface area contributed by atoms with Gasteiger partial charge in [-0.05, 0) is 0 Å². The van der Waals surface area contributed by atoms with Crippen LogP contribution in [-0.2, 0) is 4.79 Å². The van der Waals surface area contributed by atoms with Crippen molar-refractivity contribution in [3.8, 4) is 0 Å². The lowest BCUT2D eigenvalue weighted by Gasteiger charge is -2.26. The average molecular weight is 143 g/mol. The Kier molecular flexibility index (Phi) is 2.65. The molecule has 0 aromatic carbocycles. The van der Waals surface area contributed by atoms with E-state index in [0.29, 0.717) is 0 Å². The molecule has 0 bridgehead atoms. The van der Waals surface area contributed by atoms with Crippen molar-refractivity contribution < 1.29 is 4.79 Å². The SMILES string of the molecule is NCC(=O)N1CCNCC1.